The van der Waals surface area contributed by atoms with Crippen molar-refractivity contribution in [3.05, 3.63) is 0 Å². The molecular formula is C5H8N2O6. The van der Waals surface area contributed by atoms with E-state index < -0.39 is 30.4 Å². The van der Waals surface area contributed by atoms with Gasteiger partial charge in [0.2, 0.25) is 0 Å². The molecule has 2 amide bonds. The number of aliphatic carboxylic acids is 2. The summed E-state index contributed by atoms with van der Waals surface area (Å²) in [7, 11) is 0. The van der Waals surface area contributed by atoms with Crippen molar-refractivity contribution in [2.45, 2.75) is 12.5 Å². The Morgan fingerprint density at radius 1 is 1.23 bits per heavy atom. The van der Waals surface area contributed by atoms with E-state index in [-0.39, 0.29) is 0 Å². The van der Waals surface area contributed by atoms with Crippen LogP contribution < -0.4 is 10.8 Å². The number of carboxylic acid groups (broad SMARTS) is 2. The standard InChI is InChI=1S/C5H8N2O6/c8-3(9)1-2(4(10)11)6-5(12)7-13/h2,13H,1H2,(H,8,9)(H,10,11)(H2,6,7,12). The van der Waals surface area contributed by atoms with Crippen LogP contribution in [0.25, 0.3) is 0 Å². The van der Waals surface area contributed by atoms with E-state index in [4.69, 9.17) is 15.4 Å². The zero-order valence-corrected chi connectivity index (χ0v) is 6.35. The molecule has 0 aliphatic rings. The van der Waals surface area contributed by atoms with Crippen LogP contribution in [0.15, 0.2) is 0 Å². The minimum Gasteiger partial charge on any atom is -0.481 e. The van der Waals surface area contributed by atoms with Crippen LogP contribution in [-0.4, -0.2) is 39.4 Å². The van der Waals surface area contributed by atoms with Gasteiger partial charge in [0.1, 0.15) is 6.04 Å². The largest absolute Gasteiger partial charge is 0.481 e. The molecule has 0 fully saturated rings. The molecule has 1 unspecified atom stereocenters. The summed E-state index contributed by atoms with van der Waals surface area (Å²) in [5.74, 6) is -2.86. The van der Waals surface area contributed by atoms with Gasteiger partial charge in [-0.25, -0.2) is 15.1 Å². The van der Waals surface area contributed by atoms with Crippen LogP contribution >= 0.6 is 0 Å². The summed E-state index contributed by atoms with van der Waals surface area (Å²) >= 11 is 0. The molecule has 0 bridgehead atoms. The molecule has 74 valence electrons. The van der Waals surface area contributed by atoms with E-state index in [1.165, 1.54) is 0 Å². The molecule has 0 spiro atoms. The minimum atomic E-state index is -1.57. The molecular weight excluding hydrogens is 184 g/mol. The lowest BCUT2D eigenvalue weighted by Crippen LogP contribution is -2.46. The van der Waals surface area contributed by atoms with E-state index in [1.54, 1.807) is 5.32 Å². The highest BCUT2D eigenvalue weighted by molar-refractivity contribution is 5.85. The Balaban J connectivity index is 4.18. The molecule has 0 aliphatic heterocycles. The van der Waals surface area contributed by atoms with Crippen molar-refractivity contribution in [3.63, 3.8) is 0 Å². The molecule has 0 aromatic carbocycles. The fourth-order valence-electron chi connectivity index (χ4n) is 0.565. The average Bonchev–Trinajstić information content (AvgIpc) is 2.02. The molecule has 0 aliphatic carbocycles. The maximum absolute atomic E-state index is 10.4. The number of carboxylic acids is 2. The van der Waals surface area contributed by atoms with Gasteiger partial charge in [0.05, 0.1) is 6.42 Å². The lowest BCUT2D eigenvalue weighted by Gasteiger charge is -2.10. The number of nitrogens with one attached hydrogen (secondary N) is 2. The van der Waals surface area contributed by atoms with Crippen LogP contribution in [0.5, 0.6) is 0 Å². The smallest absolute Gasteiger partial charge is 0.339 e. The third kappa shape index (κ3) is 4.58. The highest BCUT2D eigenvalue weighted by Crippen LogP contribution is 1.92. The highest BCUT2D eigenvalue weighted by Gasteiger charge is 2.22. The van der Waals surface area contributed by atoms with E-state index in [1.807, 2.05) is 0 Å². The van der Waals surface area contributed by atoms with Crippen LogP contribution in [0, 0.1) is 0 Å². The van der Waals surface area contributed by atoms with E-state index in [0.29, 0.717) is 0 Å². The third-order valence-electron chi connectivity index (χ3n) is 1.08. The van der Waals surface area contributed by atoms with Crippen molar-refractivity contribution in [2.24, 2.45) is 0 Å². The van der Waals surface area contributed by atoms with E-state index >= 15 is 0 Å². The van der Waals surface area contributed by atoms with Crippen molar-refractivity contribution in [2.75, 3.05) is 0 Å². The topological polar surface area (TPSA) is 136 Å². The first kappa shape index (κ1) is 11.2. The fraction of sp³-hybridized carbons (Fsp3) is 0.400. The fourth-order valence-corrected chi connectivity index (χ4v) is 0.565. The zero-order valence-electron chi connectivity index (χ0n) is 6.35. The summed E-state index contributed by atoms with van der Waals surface area (Å²) < 4.78 is 0. The van der Waals surface area contributed by atoms with Gasteiger partial charge in [-0.1, -0.05) is 0 Å². The van der Waals surface area contributed by atoms with Gasteiger partial charge in [-0.05, 0) is 0 Å². The van der Waals surface area contributed by atoms with Gasteiger partial charge >= 0.3 is 18.0 Å². The third-order valence-corrected chi connectivity index (χ3v) is 1.08. The Morgan fingerprint density at radius 2 is 1.77 bits per heavy atom. The summed E-state index contributed by atoms with van der Waals surface area (Å²) in [5.41, 5.74) is 1.12. The molecule has 1 atom stereocenters. The van der Waals surface area contributed by atoms with Crippen LogP contribution in [0.4, 0.5) is 4.79 Å². The first-order valence-electron chi connectivity index (χ1n) is 3.12. The lowest BCUT2D eigenvalue weighted by molar-refractivity contribution is -0.145. The maximum atomic E-state index is 10.4. The molecule has 13 heavy (non-hydrogen) atoms. The molecule has 0 saturated heterocycles. The first-order valence-corrected chi connectivity index (χ1v) is 3.12. The van der Waals surface area contributed by atoms with Crippen LogP contribution in [0.2, 0.25) is 0 Å². The second-order valence-electron chi connectivity index (χ2n) is 2.07. The molecule has 0 heterocycles. The van der Waals surface area contributed by atoms with Gasteiger partial charge in [-0.3, -0.25) is 10.0 Å². The number of hydrogen-bond acceptors (Lipinski definition) is 4. The van der Waals surface area contributed by atoms with E-state index in [2.05, 4.69) is 0 Å². The minimum absolute atomic E-state index is 0.761. The van der Waals surface area contributed by atoms with Gasteiger partial charge in [0.15, 0.2) is 0 Å². The molecule has 8 heteroatoms. The number of urea groups is 1. The monoisotopic (exact) mass is 192 g/mol. The second kappa shape index (κ2) is 4.93. The van der Waals surface area contributed by atoms with Gasteiger partial charge < -0.3 is 15.5 Å². The molecule has 5 N–H and O–H groups in total. The van der Waals surface area contributed by atoms with E-state index in [0.717, 1.165) is 5.48 Å². The quantitative estimate of drug-likeness (QED) is 0.274. The molecule has 0 saturated carbocycles. The Labute approximate surface area is 72.1 Å². The Hall–Kier alpha value is -1.83. The number of hydroxylamine groups is 1. The van der Waals surface area contributed by atoms with Gasteiger partial charge in [-0.15, -0.1) is 0 Å². The summed E-state index contributed by atoms with van der Waals surface area (Å²) in [6.07, 6.45) is -0.761. The Bertz CT molecular complexity index is 227. The van der Waals surface area contributed by atoms with Crippen LogP contribution in [-0.2, 0) is 9.59 Å². The Kier molecular flexibility index (Phi) is 4.24. The summed E-state index contributed by atoms with van der Waals surface area (Å²) in [6.45, 7) is 0. The Morgan fingerprint density at radius 3 is 2.08 bits per heavy atom. The average molecular weight is 192 g/mol. The van der Waals surface area contributed by atoms with Crippen molar-refractivity contribution >= 4 is 18.0 Å². The van der Waals surface area contributed by atoms with Crippen molar-refractivity contribution < 1.29 is 29.8 Å². The summed E-state index contributed by atoms with van der Waals surface area (Å²) in [6, 6.07) is -2.74. The molecule has 0 aromatic heterocycles. The number of carbonyl (C=O) groups excluding carboxylic acids is 1. The number of rotatable bonds is 4. The van der Waals surface area contributed by atoms with Gasteiger partial charge in [-0.2, -0.15) is 0 Å². The summed E-state index contributed by atoms with van der Waals surface area (Å²) in [5, 5.41) is 26.3. The van der Waals surface area contributed by atoms with Gasteiger partial charge in [0.25, 0.3) is 0 Å². The predicted molar refractivity (Wildman–Crippen MR) is 37.1 cm³/mol. The molecule has 0 aromatic rings. The molecule has 0 radical (unpaired) electrons. The SMILES string of the molecule is O=C(O)CC(NC(=O)NO)C(=O)O. The van der Waals surface area contributed by atoms with Crippen molar-refractivity contribution in [3.8, 4) is 0 Å². The molecule has 0 rings (SSSR count). The van der Waals surface area contributed by atoms with Crippen molar-refractivity contribution in [1.29, 1.82) is 0 Å². The highest BCUT2D eigenvalue weighted by atomic mass is 16.5. The predicted octanol–water partition coefficient (Wildman–Crippen LogP) is -1.40. The summed E-state index contributed by atoms with van der Waals surface area (Å²) in [4.78, 5) is 30.8. The lowest BCUT2D eigenvalue weighted by atomic mass is 10.2. The number of carbonyl (C=O) groups is 3. The zero-order chi connectivity index (χ0) is 10.4. The number of hydrogen-bond donors (Lipinski definition) is 5. The maximum Gasteiger partial charge on any atom is 0.339 e. The van der Waals surface area contributed by atoms with Crippen molar-refractivity contribution in [1.82, 2.24) is 10.8 Å². The van der Waals surface area contributed by atoms with Gasteiger partial charge in [0, 0.05) is 0 Å². The second-order valence-corrected chi connectivity index (χ2v) is 2.07. The first-order chi connectivity index (χ1) is 5.97. The normalized spacial score (nSPS) is 11.5. The number of amides is 2. The van der Waals surface area contributed by atoms with Crippen LogP contribution in [0.1, 0.15) is 6.42 Å². The van der Waals surface area contributed by atoms with Crippen LogP contribution in [0.3, 0.4) is 0 Å². The van der Waals surface area contributed by atoms with E-state index in [9.17, 15) is 14.4 Å². The molecule has 8 nitrogen and oxygen atoms in total.